The Balaban J connectivity index is 2.10. The van der Waals surface area contributed by atoms with Crippen molar-refractivity contribution in [3.8, 4) is 0 Å². The monoisotopic (exact) mass is 356 g/mol. The lowest BCUT2D eigenvalue weighted by Crippen LogP contribution is -2.29. The van der Waals surface area contributed by atoms with E-state index in [0.29, 0.717) is 5.56 Å². The molecule has 0 amide bonds. The predicted octanol–water partition coefficient (Wildman–Crippen LogP) is 3.26. The number of rotatable bonds is 5. The van der Waals surface area contributed by atoms with Crippen LogP contribution < -0.4 is 0 Å². The van der Waals surface area contributed by atoms with Crippen LogP contribution in [-0.4, -0.2) is 25.2 Å². The van der Waals surface area contributed by atoms with E-state index in [-0.39, 0.29) is 16.2 Å². The summed E-state index contributed by atoms with van der Waals surface area (Å²) in [6.45, 7) is 1.27. The molecule has 0 saturated heterocycles. The minimum atomic E-state index is -3.72. The minimum Gasteiger partial charge on any atom is -0.393 e. The summed E-state index contributed by atoms with van der Waals surface area (Å²) in [7, 11) is -3.72. The number of hydrogen-bond donors (Lipinski definition) is 2. The summed E-state index contributed by atoms with van der Waals surface area (Å²) >= 11 is 0. The number of aliphatic hydroxyl groups is 2. The van der Waals surface area contributed by atoms with Crippen LogP contribution in [0.25, 0.3) is 10.8 Å². The molecule has 0 aromatic heterocycles. The Morgan fingerprint density at radius 2 is 1.56 bits per heavy atom. The maximum atomic E-state index is 13.0. The van der Waals surface area contributed by atoms with Gasteiger partial charge < -0.3 is 10.2 Å². The summed E-state index contributed by atoms with van der Waals surface area (Å²) in [5, 5.41) is 21.7. The Hall–Kier alpha value is -2.21. The molecule has 2 N–H and O–H groups in total. The molecule has 1 unspecified atom stereocenters. The van der Waals surface area contributed by atoms with E-state index in [0.717, 1.165) is 10.8 Å². The number of benzene rings is 3. The fourth-order valence-electron chi connectivity index (χ4n) is 2.83. The van der Waals surface area contributed by atoms with Crippen LogP contribution in [0.5, 0.6) is 0 Å². The molecule has 4 nitrogen and oxygen atoms in total. The summed E-state index contributed by atoms with van der Waals surface area (Å²) < 4.78 is 26.0. The van der Waals surface area contributed by atoms with Crippen molar-refractivity contribution in [2.45, 2.75) is 28.7 Å². The Morgan fingerprint density at radius 3 is 2.24 bits per heavy atom. The number of aliphatic hydroxyl groups excluding tert-OH is 1. The largest absolute Gasteiger partial charge is 0.393 e. The molecule has 130 valence electrons. The molecule has 0 aliphatic carbocycles. The fraction of sp³-hybridized carbons (Fsp3) is 0.200. The first-order valence-electron chi connectivity index (χ1n) is 8.08. The quantitative estimate of drug-likeness (QED) is 0.736. The molecule has 5 heteroatoms. The van der Waals surface area contributed by atoms with E-state index < -0.39 is 22.0 Å². The normalized spacial score (nSPS) is 14.4. The first kappa shape index (κ1) is 17.6. The van der Waals surface area contributed by atoms with Crippen LogP contribution in [0.1, 0.15) is 18.9 Å². The average Bonchev–Trinajstić information content (AvgIpc) is 2.67. The Bertz CT molecular complexity index is 1000. The lowest BCUT2D eigenvalue weighted by atomic mass is 9.92. The Morgan fingerprint density at radius 1 is 0.880 bits per heavy atom. The molecule has 0 bridgehead atoms. The molecule has 0 spiro atoms. The zero-order chi connectivity index (χ0) is 18.1. The van der Waals surface area contributed by atoms with Crippen molar-refractivity contribution < 1.29 is 18.6 Å². The maximum absolute atomic E-state index is 13.0. The maximum Gasteiger partial charge on any atom is 0.206 e. The van der Waals surface area contributed by atoms with Crippen LogP contribution in [0.4, 0.5) is 0 Å². The highest BCUT2D eigenvalue weighted by atomic mass is 32.2. The van der Waals surface area contributed by atoms with Crippen molar-refractivity contribution in [3.05, 3.63) is 72.3 Å². The summed E-state index contributed by atoms with van der Waals surface area (Å²) in [4.78, 5) is 0.299. The SMILES string of the molecule is CCC(O)(CO)c1cccc(S(=O)(=O)c2ccc3ccccc3c2)c1. The van der Waals surface area contributed by atoms with Gasteiger partial charge >= 0.3 is 0 Å². The third-order valence-corrected chi connectivity index (χ3v) is 6.31. The van der Waals surface area contributed by atoms with Gasteiger partial charge in [0.2, 0.25) is 9.84 Å². The number of fused-ring (bicyclic) bond motifs is 1. The molecule has 3 aromatic rings. The second-order valence-corrected chi connectivity index (χ2v) is 8.03. The molecular formula is C20H20O4S. The van der Waals surface area contributed by atoms with Crippen molar-refractivity contribution in [3.63, 3.8) is 0 Å². The van der Waals surface area contributed by atoms with Crippen molar-refractivity contribution >= 4 is 20.6 Å². The van der Waals surface area contributed by atoms with Gasteiger partial charge in [-0.05, 0) is 47.0 Å². The van der Waals surface area contributed by atoms with E-state index in [1.807, 2.05) is 24.3 Å². The first-order valence-corrected chi connectivity index (χ1v) is 9.57. The predicted molar refractivity (Wildman–Crippen MR) is 97.1 cm³/mol. The van der Waals surface area contributed by atoms with Crippen LogP contribution in [-0.2, 0) is 15.4 Å². The molecule has 0 aliphatic heterocycles. The van der Waals surface area contributed by atoms with Gasteiger partial charge in [-0.2, -0.15) is 0 Å². The van der Waals surface area contributed by atoms with Gasteiger partial charge in [0.25, 0.3) is 0 Å². The zero-order valence-corrected chi connectivity index (χ0v) is 14.7. The molecule has 0 fully saturated rings. The van der Waals surface area contributed by atoms with Crippen molar-refractivity contribution in [2.24, 2.45) is 0 Å². The van der Waals surface area contributed by atoms with E-state index >= 15 is 0 Å². The van der Waals surface area contributed by atoms with Crippen molar-refractivity contribution in [2.75, 3.05) is 6.61 Å². The smallest absolute Gasteiger partial charge is 0.206 e. The average molecular weight is 356 g/mol. The van der Waals surface area contributed by atoms with E-state index in [2.05, 4.69) is 0 Å². The van der Waals surface area contributed by atoms with Crippen LogP contribution in [0.3, 0.4) is 0 Å². The summed E-state index contributed by atoms with van der Waals surface area (Å²) in [5.41, 5.74) is -1.06. The molecule has 0 heterocycles. The van der Waals surface area contributed by atoms with Crippen LogP contribution in [0, 0.1) is 0 Å². The molecular weight excluding hydrogens is 336 g/mol. The zero-order valence-electron chi connectivity index (χ0n) is 13.9. The molecule has 3 aromatic carbocycles. The molecule has 0 aliphatic rings. The molecule has 25 heavy (non-hydrogen) atoms. The van der Waals surface area contributed by atoms with Gasteiger partial charge in [-0.3, -0.25) is 0 Å². The summed E-state index contributed by atoms with van der Waals surface area (Å²) in [6.07, 6.45) is 0.281. The molecule has 0 radical (unpaired) electrons. The number of hydrogen-bond acceptors (Lipinski definition) is 4. The van der Waals surface area contributed by atoms with Gasteiger partial charge in [-0.15, -0.1) is 0 Å². The van der Waals surface area contributed by atoms with E-state index in [1.54, 1.807) is 37.3 Å². The van der Waals surface area contributed by atoms with E-state index in [1.165, 1.54) is 12.1 Å². The third-order valence-electron chi connectivity index (χ3n) is 4.56. The van der Waals surface area contributed by atoms with Crippen molar-refractivity contribution in [1.29, 1.82) is 0 Å². The van der Waals surface area contributed by atoms with Gasteiger partial charge in [0, 0.05) is 0 Å². The van der Waals surface area contributed by atoms with Gasteiger partial charge in [0.1, 0.15) is 5.60 Å². The van der Waals surface area contributed by atoms with Gasteiger partial charge in [0.15, 0.2) is 0 Å². The summed E-state index contributed by atoms with van der Waals surface area (Å²) in [5.74, 6) is 0. The second kappa shape index (κ2) is 6.59. The van der Waals surface area contributed by atoms with Crippen LogP contribution >= 0.6 is 0 Å². The topological polar surface area (TPSA) is 74.6 Å². The third kappa shape index (κ3) is 3.18. The van der Waals surface area contributed by atoms with Crippen LogP contribution in [0.15, 0.2) is 76.5 Å². The minimum absolute atomic E-state index is 0.0978. The molecule has 3 rings (SSSR count). The lowest BCUT2D eigenvalue weighted by molar-refractivity contribution is -0.0224. The van der Waals surface area contributed by atoms with Crippen LogP contribution in [0.2, 0.25) is 0 Å². The van der Waals surface area contributed by atoms with E-state index in [9.17, 15) is 18.6 Å². The van der Waals surface area contributed by atoms with Gasteiger partial charge in [-0.25, -0.2) is 8.42 Å². The van der Waals surface area contributed by atoms with Crippen molar-refractivity contribution in [1.82, 2.24) is 0 Å². The van der Waals surface area contributed by atoms with E-state index in [4.69, 9.17) is 0 Å². The highest BCUT2D eigenvalue weighted by molar-refractivity contribution is 7.91. The number of sulfone groups is 1. The van der Waals surface area contributed by atoms with Gasteiger partial charge in [-0.1, -0.05) is 49.4 Å². The highest BCUT2D eigenvalue weighted by Crippen LogP contribution is 2.29. The van der Waals surface area contributed by atoms with Gasteiger partial charge in [0.05, 0.1) is 16.4 Å². The lowest BCUT2D eigenvalue weighted by Gasteiger charge is -2.25. The molecule has 1 atom stereocenters. The summed E-state index contributed by atoms with van der Waals surface area (Å²) in [6, 6.07) is 18.7. The second-order valence-electron chi connectivity index (χ2n) is 6.08. The Kier molecular flexibility index (Phi) is 4.64. The Labute approximate surface area is 147 Å². The highest BCUT2D eigenvalue weighted by Gasteiger charge is 2.28. The molecule has 0 saturated carbocycles. The fourth-order valence-corrected chi connectivity index (χ4v) is 4.17. The standard InChI is InChI=1S/C20H20O4S/c1-2-20(22,14-21)17-8-5-9-18(13-17)25(23,24)19-11-10-15-6-3-4-7-16(15)12-19/h3-13,21-22H,2,14H2,1H3. The first-order chi connectivity index (χ1) is 11.9.